The smallest absolute Gasteiger partial charge is 0.134 e. The molecule has 0 heterocycles. The summed E-state index contributed by atoms with van der Waals surface area (Å²) in [6.07, 6.45) is 1.80. The highest BCUT2D eigenvalue weighted by Crippen LogP contribution is 2.27. The molecule has 3 aromatic carbocycles. The van der Waals surface area contributed by atoms with E-state index in [0.717, 1.165) is 32.6 Å². The molecule has 0 saturated heterocycles. The Morgan fingerprint density at radius 3 is 2.62 bits per heavy atom. The number of aliphatic imine (C=N–C) groups is 1. The van der Waals surface area contributed by atoms with Gasteiger partial charge in [-0.1, -0.05) is 41.4 Å². The second-order valence-corrected chi connectivity index (χ2v) is 7.50. The molecular weight excluding hydrogens is 433 g/mol. The third-order valence-corrected chi connectivity index (χ3v) is 5.02. The molecular formula is C21H16BrCl2NO. The van der Waals surface area contributed by atoms with E-state index in [1.54, 1.807) is 6.21 Å². The van der Waals surface area contributed by atoms with Gasteiger partial charge in [0.2, 0.25) is 0 Å². The lowest BCUT2D eigenvalue weighted by Gasteiger charge is -2.09. The average Bonchev–Trinajstić information content (AvgIpc) is 2.62. The Bertz CT molecular complexity index is 956. The van der Waals surface area contributed by atoms with Gasteiger partial charge in [0.25, 0.3) is 0 Å². The molecule has 0 spiro atoms. The van der Waals surface area contributed by atoms with Gasteiger partial charge in [0.1, 0.15) is 12.4 Å². The van der Waals surface area contributed by atoms with E-state index in [0.29, 0.717) is 16.7 Å². The normalized spacial score (nSPS) is 11.1. The zero-order valence-electron chi connectivity index (χ0n) is 14.0. The molecule has 3 rings (SSSR count). The van der Waals surface area contributed by atoms with Gasteiger partial charge in [-0.2, -0.15) is 0 Å². The van der Waals surface area contributed by atoms with Crippen LogP contribution in [0.1, 0.15) is 16.7 Å². The molecule has 2 nitrogen and oxygen atoms in total. The van der Waals surface area contributed by atoms with Crippen molar-refractivity contribution in [2.24, 2.45) is 4.99 Å². The van der Waals surface area contributed by atoms with Crippen molar-refractivity contribution in [2.45, 2.75) is 13.5 Å². The Morgan fingerprint density at radius 1 is 1.04 bits per heavy atom. The van der Waals surface area contributed by atoms with Gasteiger partial charge in [0.15, 0.2) is 0 Å². The van der Waals surface area contributed by atoms with E-state index in [1.165, 1.54) is 0 Å². The largest absolute Gasteiger partial charge is 0.488 e. The fourth-order valence-corrected chi connectivity index (χ4v) is 3.21. The monoisotopic (exact) mass is 447 g/mol. The van der Waals surface area contributed by atoms with Gasteiger partial charge in [0, 0.05) is 16.3 Å². The molecule has 132 valence electrons. The van der Waals surface area contributed by atoms with Crippen molar-refractivity contribution < 1.29 is 4.74 Å². The van der Waals surface area contributed by atoms with Gasteiger partial charge in [-0.25, -0.2) is 0 Å². The van der Waals surface area contributed by atoms with Gasteiger partial charge in [-0.15, -0.1) is 0 Å². The summed E-state index contributed by atoms with van der Waals surface area (Å²) in [6, 6.07) is 19.2. The number of aryl methyl sites for hydroxylation is 1. The van der Waals surface area contributed by atoms with E-state index < -0.39 is 0 Å². The summed E-state index contributed by atoms with van der Waals surface area (Å²) in [7, 11) is 0. The maximum absolute atomic E-state index is 6.13. The van der Waals surface area contributed by atoms with Crippen LogP contribution in [0.5, 0.6) is 5.75 Å². The second-order valence-electron chi connectivity index (χ2n) is 5.80. The van der Waals surface area contributed by atoms with Crippen molar-refractivity contribution >= 4 is 51.0 Å². The van der Waals surface area contributed by atoms with Crippen LogP contribution in [0.4, 0.5) is 5.69 Å². The summed E-state index contributed by atoms with van der Waals surface area (Å²) in [5.41, 5.74) is 3.84. The lowest BCUT2D eigenvalue weighted by molar-refractivity contribution is 0.304. The Balaban J connectivity index is 1.68. The molecule has 0 unspecified atom stereocenters. The molecule has 0 atom stereocenters. The minimum Gasteiger partial charge on any atom is -0.488 e. The predicted octanol–water partition coefficient (Wildman–Crippen LogP) is 7.39. The zero-order chi connectivity index (χ0) is 18.5. The number of nitrogens with zero attached hydrogens (tertiary/aromatic N) is 1. The number of rotatable bonds is 5. The minimum absolute atomic E-state index is 0.453. The Kier molecular flexibility index (Phi) is 6.36. The number of benzene rings is 3. The third kappa shape index (κ3) is 5.10. The summed E-state index contributed by atoms with van der Waals surface area (Å²) < 4.78 is 6.72. The summed E-state index contributed by atoms with van der Waals surface area (Å²) in [5, 5.41) is 1.42. The quantitative estimate of drug-likeness (QED) is 0.372. The molecule has 0 bridgehead atoms. The van der Waals surface area contributed by atoms with E-state index >= 15 is 0 Å². The molecule has 0 radical (unpaired) electrons. The van der Waals surface area contributed by atoms with Gasteiger partial charge in [-0.05, 0) is 82.0 Å². The van der Waals surface area contributed by atoms with Crippen LogP contribution in [-0.4, -0.2) is 6.21 Å². The highest BCUT2D eigenvalue weighted by Gasteiger charge is 2.03. The van der Waals surface area contributed by atoms with Gasteiger partial charge in [-0.3, -0.25) is 4.99 Å². The highest BCUT2D eigenvalue weighted by molar-refractivity contribution is 9.10. The Hall–Kier alpha value is -1.81. The zero-order valence-corrected chi connectivity index (χ0v) is 17.1. The van der Waals surface area contributed by atoms with Gasteiger partial charge in [0.05, 0.1) is 10.2 Å². The van der Waals surface area contributed by atoms with E-state index in [4.69, 9.17) is 27.9 Å². The average molecular weight is 449 g/mol. The lowest BCUT2D eigenvalue weighted by Crippen LogP contribution is -1.96. The van der Waals surface area contributed by atoms with Crippen LogP contribution in [0.25, 0.3) is 0 Å². The first-order valence-electron chi connectivity index (χ1n) is 7.98. The first-order chi connectivity index (χ1) is 12.5. The number of hydrogen-bond acceptors (Lipinski definition) is 2. The topological polar surface area (TPSA) is 21.6 Å². The Morgan fingerprint density at radius 2 is 1.88 bits per heavy atom. The number of ether oxygens (including phenoxy) is 1. The van der Waals surface area contributed by atoms with Crippen LogP contribution in [0, 0.1) is 6.92 Å². The van der Waals surface area contributed by atoms with Crippen LogP contribution in [0.3, 0.4) is 0 Å². The van der Waals surface area contributed by atoms with E-state index in [9.17, 15) is 0 Å². The molecule has 0 fully saturated rings. The van der Waals surface area contributed by atoms with Crippen molar-refractivity contribution in [3.05, 3.63) is 91.9 Å². The second kappa shape index (κ2) is 8.72. The van der Waals surface area contributed by atoms with E-state index in [2.05, 4.69) is 20.9 Å². The molecule has 26 heavy (non-hydrogen) atoms. The molecule has 0 amide bonds. The lowest BCUT2D eigenvalue weighted by atomic mass is 10.2. The summed E-state index contributed by atoms with van der Waals surface area (Å²) in [5.74, 6) is 0.764. The fraction of sp³-hybridized carbons (Fsp3) is 0.0952. The fourth-order valence-electron chi connectivity index (χ4n) is 2.31. The summed E-state index contributed by atoms with van der Waals surface area (Å²) in [4.78, 5) is 4.47. The minimum atomic E-state index is 0.453. The molecule has 0 saturated carbocycles. The van der Waals surface area contributed by atoms with E-state index in [-0.39, 0.29) is 0 Å². The van der Waals surface area contributed by atoms with Crippen molar-refractivity contribution in [1.29, 1.82) is 0 Å². The number of halogens is 3. The van der Waals surface area contributed by atoms with Crippen molar-refractivity contribution in [3.63, 3.8) is 0 Å². The first kappa shape index (κ1) is 19.0. The van der Waals surface area contributed by atoms with Crippen LogP contribution in [-0.2, 0) is 6.61 Å². The van der Waals surface area contributed by atoms with Crippen molar-refractivity contribution in [3.8, 4) is 5.75 Å². The molecule has 0 N–H and O–H groups in total. The third-order valence-electron chi connectivity index (χ3n) is 3.76. The molecule has 0 aliphatic heterocycles. The maximum atomic E-state index is 6.13. The predicted molar refractivity (Wildman–Crippen MR) is 113 cm³/mol. The summed E-state index contributed by atoms with van der Waals surface area (Å²) in [6.45, 7) is 2.42. The first-order valence-corrected chi connectivity index (χ1v) is 9.53. The van der Waals surface area contributed by atoms with Crippen LogP contribution >= 0.6 is 39.1 Å². The molecule has 0 aromatic heterocycles. The Labute approximate surface area is 171 Å². The molecule has 5 heteroatoms. The number of hydrogen-bond donors (Lipinski definition) is 0. The van der Waals surface area contributed by atoms with Gasteiger partial charge < -0.3 is 4.74 Å². The molecule has 0 aliphatic carbocycles. The van der Waals surface area contributed by atoms with Crippen LogP contribution in [0.15, 0.2) is 70.1 Å². The van der Waals surface area contributed by atoms with Crippen LogP contribution in [0.2, 0.25) is 10.0 Å². The summed E-state index contributed by atoms with van der Waals surface area (Å²) >= 11 is 15.7. The van der Waals surface area contributed by atoms with Crippen LogP contribution < -0.4 is 4.74 Å². The molecule has 0 aliphatic rings. The van der Waals surface area contributed by atoms with E-state index in [1.807, 2.05) is 67.6 Å². The van der Waals surface area contributed by atoms with Crippen molar-refractivity contribution in [2.75, 3.05) is 0 Å². The van der Waals surface area contributed by atoms with Gasteiger partial charge >= 0.3 is 0 Å². The maximum Gasteiger partial charge on any atom is 0.134 e. The van der Waals surface area contributed by atoms with Crippen molar-refractivity contribution in [1.82, 2.24) is 0 Å². The standard InChI is InChI=1S/C21H16BrCl2NO/c1-14-5-7-18(11-20(14)24)25-12-15-6-8-21(19(22)10-15)26-13-16-3-2-4-17(23)9-16/h2-12H,13H2,1H3. The SMILES string of the molecule is Cc1ccc(N=Cc2ccc(OCc3cccc(Cl)c3)c(Br)c2)cc1Cl. The highest BCUT2D eigenvalue weighted by atomic mass is 79.9. The molecule has 3 aromatic rings.